The molecule has 2 atom stereocenters. The fraction of sp³-hybridized carbons (Fsp3) is 0.591. The number of methoxy groups -OCH3 is 1. The molecule has 176 valence electrons. The van der Waals surface area contributed by atoms with E-state index in [4.69, 9.17) is 14.2 Å². The van der Waals surface area contributed by atoms with Gasteiger partial charge in [-0.1, -0.05) is 19.9 Å². The van der Waals surface area contributed by atoms with E-state index in [0.717, 1.165) is 11.1 Å². The molecule has 2 N–H and O–H groups in total. The monoisotopic (exact) mass is 449 g/mol. The molecule has 2 bridgehead atoms. The molecule has 1 aliphatic heterocycles. The van der Waals surface area contributed by atoms with Gasteiger partial charge in [-0.25, -0.2) is 4.79 Å². The summed E-state index contributed by atoms with van der Waals surface area (Å²) in [6.45, 7) is 4.81. The van der Waals surface area contributed by atoms with E-state index >= 15 is 0 Å². The lowest BCUT2D eigenvalue weighted by Crippen LogP contribution is -2.46. The lowest BCUT2D eigenvalue weighted by molar-refractivity contribution is -0.141. The van der Waals surface area contributed by atoms with Gasteiger partial charge in [0.2, 0.25) is 5.78 Å². The fourth-order valence-electron chi connectivity index (χ4n) is 3.34. The fourth-order valence-corrected chi connectivity index (χ4v) is 3.34. The lowest BCUT2D eigenvalue weighted by Gasteiger charge is -2.23. The summed E-state index contributed by atoms with van der Waals surface area (Å²) < 4.78 is 15.1. The van der Waals surface area contributed by atoms with Gasteiger partial charge in [0.1, 0.15) is 6.61 Å². The molecule has 1 aliphatic rings. The van der Waals surface area contributed by atoms with Crippen molar-refractivity contribution in [3.8, 4) is 0 Å². The van der Waals surface area contributed by atoms with Crippen molar-refractivity contribution < 1.29 is 33.4 Å². The summed E-state index contributed by atoms with van der Waals surface area (Å²) in [7, 11) is 1.56. The first kappa shape index (κ1) is 25.4. The number of hydrogen-bond donors (Lipinski definition) is 2. The Labute approximate surface area is 187 Å². The summed E-state index contributed by atoms with van der Waals surface area (Å²) >= 11 is 0. The third-order valence-electron chi connectivity index (χ3n) is 5.01. The van der Waals surface area contributed by atoms with E-state index in [1.807, 2.05) is 6.07 Å². The van der Waals surface area contributed by atoms with E-state index < -0.39 is 29.7 Å². The zero-order valence-electron chi connectivity index (χ0n) is 18.7. The third kappa shape index (κ3) is 8.01. The van der Waals surface area contributed by atoms with Crippen LogP contribution in [0.2, 0.25) is 0 Å². The molecule has 2 heterocycles. The van der Waals surface area contributed by atoms with Gasteiger partial charge in [-0.3, -0.25) is 19.4 Å². The second-order valence-electron chi connectivity index (χ2n) is 7.93. The van der Waals surface area contributed by atoms with Crippen molar-refractivity contribution in [2.75, 3.05) is 33.5 Å². The number of pyridine rings is 1. The van der Waals surface area contributed by atoms with E-state index in [2.05, 4.69) is 15.6 Å². The van der Waals surface area contributed by atoms with Gasteiger partial charge in [0.05, 0.1) is 25.9 Å². The summed E-state index contributed by atoms with van der Waals surface area (Å²) in [5, 5.41) is 5.13. The van der Waals surface area contributed by atoms with Crippen LogP contribution in [0.1, 0.15) is 31.4 Å². The number of hydrogen-bond acceptors (Lipinski definition) is 8. The quantitative estimate of drug-likeness (QED) is 0.375. The van der Waals surface area contributed by atoms with Crippen LogP contribution < -0.4 is 10.6 Å². The normalized spacial score (nSPS) is 17.1. The van der Waals surface area contributed by atoms with Crippen molar-refractivity contribution in [3.05, 3.63) is 29.6 Å². The van der Waals surface area contributed by atoms with Gasteiger partial charge in [0, 0.05) is 38.4 Å². The smallest absolute Gasteiger partial charge is 0.407 e. The number of carbonyl (C=O) groups is 4. The second kappa shape index (κ2) is 12.9. The van der Waals surface area contributed by atoms with Crippen molar-refractivity contribution in [3.63, 3.8) is 0 Å². The average Bonchev–Trinajstić information content (AvgIpc) is 2.79. The van der Waals surface area contributed by atoms with Crippen LogP contribution in [0.4, 0.5) is 4.79 Å². The molecule has 0 aliphatic carbocycles. The van der Waals surface area contributed by atoms with Crippen LogP contribution in [-0.2, 0) is 41.6 Å². The number of aromatic nitrogens is 1. The summed E-state index contributed by atoms with van der Waals surface area (Å²) in [5.74, 6) is -2.81. The number of nitrogens with one attached hydrogen (secondary N) is 2. The Morgan fingerprint density at radius 1 is 1.16 bits per heavy atom. The minimum absolute atomic E-state index is 0.0270. The SMILES string of the molecule is COCCOCCOC(=O)NC(C(=O)CC1Cc2cncc(c2)CNC(=O)C1=O)C(C)C. The van der Waals surface area contributed by atoms with Crippen molar-refractivity contribution in [1.29, 1.82) is 0 Å². The van der Waals surface area contributed by atoms with Gasteiger partial charge in [-0.2, -0.15) is 0 Å². The van der Waals surface area contributed by atoms with Crippen molar-refractivity contribution in [2.24, 2.45) is 11.8 Å². The third-order valence-corrected chi connectivity index (χ3v) is 5.01. The number of rotatable bonds is 11. The van der Waals surface area contributed by atoms with Crippen LogP contribution in [-0.4, -0.2) is 68.1 Å². The maximum Gasteiger partial charge on any atom is 0.407 e. The molecule has 10 nitrogen and oxygen atoms in total. The van der Waals surface area contributed by atoms with Gasteiger partial charge >= 0.3 is 6.09 Å². The van der Waals surface area contributed by atoms with Crippen LogP contribution in [0.15, 0.2) is 18.5 Å². The maximum atomic E-state index is 13.0. The van der Waals surface area contributed by atoms with Gasteiger partial charge in [-0.05, 0) is 23.5 Å². The van der Waals surface area contributed by atoms with E-state index in [9.17, 15) is 19.2 Å². The summed E-state index contributed by atoms with van der Waals surface area (Å²) in [6, 6.07) is 0.998. The molecule has 10 heteroatoms. The molecule has 0 saturated heterocycles. The molecule has 2 rings (SSSR count). The van der Waals surface area contributed by atoms with Gasteiger partial charge in [0.25, 0.3) is 5.91 Å². The highest BCUT2D eigenvalue weighted by Gasteiger charge is 2.33. The summed E-state index contributed by atoms with van der Waals surface area (Å²) in [5.41, 5.74) is 1.55. The van der Waals surface area contributed by atoms with Crippen LogP contribution >= 0.6 is 0 Å². The number of carbonyl (C=O) groups excluding carboxylic acids is 4. The highest BCUT2D eigenvalue weighted by molar-refractivity contribution is 6.37. The minimum Gasteiger partial charge on any atom is -0.447 e. The van der Waals surface area contributed by atoms with E-state index in [1.165, 1.54) is 0 Å². The molecular weight excluding hydrogens is 418 g/mol. The van der Waals surface area contributed by atoms with Crippen molar-refractivity contribution in [1.82, 2.24) is 15.6 Å². The predicted octanol–water partition coefficient (Wildman–Crippen LogP) is 0.812. The molecule has 0 radical (unpaired) electrons. The largest absolute Gasteiger partial charge is 0.447 e. The molecule has 2 unspecified atom stereocenters. The average molecular weight is 450 g/mol. The Bertz CT molecular complexity index is 812. The second-order valence-corrected chi connectivity index (χ2v) is 7.93. The van der Waals surface area contributed by atoms with Crippen LogP contribution in [0, 0.1) is 11.8 Å². The zero-order chi connectivity index (χ0) is 23.5. The Hall–Kier alpha value is -2.85. The van der Waals surface area contributed by atoms with Crippen LogP contribution in [0.3, 0.4) is 0 Å². The molecule has 2 amide bonds. The number of nitrogens with zero attached hydrogens (tertiary/aromatic N) is 1. The first-order valence-corrected chi connectivity index (χ1v) is 10.6. The van der Waals surface area contributed by atoms with Gasteiger partial charge < -0.3 is 24.8 Å². The zero-order valence-corrected chi connectivity index (χ0v) is 18.7. The standard InChI is InChI=1S/C22H31N3O7/c1-14(2)19(25-22(29)32-7-6-31-5-4-30-3)18(26)10-17-9-15-8-16(12-23-11-15)13-24-21(28)20(17)27/h8,11-12,14,17,19H,4-7,9-10,13H2,1-3H3,(H,24,28)(H,25,29). The Morgan fingerprint density at radius 3 is 2.59 bits per heavy atom. The number of Topliss-reactive ketones (excluding diaryl/α,β-unsaturated/α-hetero) is 2. The van der Waals surface area contributed by atoms with E-state index in [0.29, 0.717) is 13.2 Å². The number of amides is 2. The van der Waals surface area contributed by atoms with Crippen LogP contribution in [0.25, 0.3) is 0 Å². The predicted molar refractivity (Wildman–Crippen MR) is 114 cm³/mol. The Balaban J connectivity index is 1.97. The number of ether oxygens (including phenoxy) is 3. The van der Waals surface area contributed by atoms with Crippen molar-refractivity contribution in [2.45, 2.75) is 39.3 Å². The highest BCUT2D eigenvalue weighted by Crippen LogP contribution is 2.19. The van der Waals surface area contributed by atoms with E-state index in [-0.39, 0.29) is 44.3 Å². The van der Waals surface area contributed by atoms with Crippen LogP contribution in [0.5, 0.6) is 0 Å². The van der Waals surface area contributed by atoms with E-state index in [1.54, 1.807) is 33.4 Å². The number of alkyl carbamates (subject to hydrolysis) is 1. The topological polar surface area (TPSA) is 133 Å². The first-order valence-electron chi connectivity index (χ1n) is 10.6. The number of fused-ring (bicyclic) bond motifs is 2. The Morgan fingerprint density at radius 2 is 1.88 bits per heavy atom. The molecule has 1 aromatic heterocycles. The highest BCUT2D eigenvalue weighted by atomic mass is 16.6. The molecule has 0 spiro atoms. The Kier molecular flexibility index (Phi) is 10.2. The minimum atomic E-state index is -0.857. The molecule has 0 saturated carbocycles. The summed E-state index contributed by atoms with van der Waals surface area (Å²) in [6.07, 6.45) is 2.52. The van der Waals surface area contributed by atoms with Gasteiger partial charge in [-0.15, -0.1) is 0 Å². The first-order chi connectivity index (χ1) is 15.3. The maximum absolute atomic E-state index is 13.0. The molecule has 32 heavy (non-hydrogen) atoms. The molecule has 0 fully saturated rings. The molecule has 1 aromatic rings. The molecular formula is C22H31N3O7. The number of ketones is 2. The lowest BCUT2D eigenvalue weighted by atomic mass is 9.86. The summed E-state index contributed by atoms with van der Waals surface area (Å²) in [4.78, 5) is 54.1. The molecule has 0 aromatic carbocycles. The van der Waals surface area contributed by atoms with Gasteiger partial charge in [0.15, 0.2) is 5.78 Å². The van der Waals surface area contributed by atoms with Crippen molar-refractivity contribution >= 4 is 23.6 Å².